The highest BCUT2D eigenvalue weighted by Crippen LogP contribution is 2.28. The van der Waals surface area contributed by atoms with E-state index in [9.17, 15) is 19.2 Å². The van der Waals surface area contributed by atoms with Crippen LogP contribution in [0.5, 0.6) is 0 Å². The van der Waals surface area contributed by atoms with Crippen molar-refractivity contribution in [1.29, 1.82) is 0 Å². The minimum absolute atomic E-state index is 0.0269. The molecule has 10 nitrogen and oxygen atoms in total. The number of esters is 4. The van der Waals surface area contributed by atoms with Gasteiger partial charge < -0.3 is 28.7 Å². The summed E-state index contributed by atoms with van der Waals surface area (Å²) in [5.41, 5.74) is 0. The SMILES string of the molecule is CCCCCCCCCC(CCCCCCCCC)COC(=O)CCCCN(CCCCC(=O)OCC(CCCCCCCCC)CCCCCCCCC)CCSSCCN(CCCCC(=O)OCC(CCCCCCCCC)CCCCCCCCC)CCCCC(=O)OCC(CCCCCCCCC)CCCCCCCCC. The largest absolute Gasteiger partial charge is 0.465 e. The van der Waals surface area contributed by atoms with Crippen molar-refractivity contribution < 1.29 is 38.1 Å². The fraction of sp³-hybridized carbons (Fsp3) is 0.962. The zero-order chi connectivity index (χ0) is 84.2. The van der Waals surface area contributed by atoms with Crippen LogP contribution in [0.4, 0.5) is 0 Å². The van der Waals surface area contributed by atoms with Gasteiger partial charge in [-0.3, -0.25) is 19.2 Å². The second kappa shape index (κ2) is 95.7. The van der Waals surface area contributed by atoms with Crippen molar-refractivity contribution >= 4 is 45.5 Å². The first-order valence-corrected chi connectivity index (χ1v) is 54.9. The molecule has 0 aliphatic carbocycles. The molecule has 0 N–H and O–H groups in total. The summed E-state index contributed by atoms with van der Waals surface area (Å²) in [6, 6.07) is 0. The fourth-order valence-electron chi connectivity index (χ4n) is 17.0. The topological polar surface area (TPSA) is 112 Å². The van der Waals surface area contributed by atoms with Crippen molar-refractivity contribution in [3.63, 3.8) is 0 Å². The van der Waals surface area contributed by atoms with Gasteiger partial charge in [-0.1, -0.05) is 437 Å². The van der Waals surface area contributed by atoms with Crippen LogP contribution in [0.1, 0.15) is 543 Å². The van der Waals surface area contributed by atoms with Crippen molar-refractivity contribution in [2.75, 3.05) is 77.2 Å². The van der Waals surface area contributed by atoms with Gasteiger partial charge in [0.1, 0.15) is 0 Å². The van der Waals surface area contributed by atoms with E-state index in [1.165, 1.54) is 411 Å². The van der Waals surface area contributed by atoms with Gasteiger partial charge in [0.2, 0.25) is 0 Å². The standard InChI is InChI=1S/C104H204N2O8S2/c1-9-17-25-33-41-49-57-73-97(74-58-50-42-34-26-18-10-2)93-111-101(107)81-65-69-85-105(86-70-66-82-102(108)112-94-98(75-59-51-43-35-27-19-11-3)76-60-52-44-36-28-20-12-4)89-91-115-116-92-90-106(87-71-67-83-103(109)113-95-99(77-61-53-45-37-29-21-13-5)78-62-54-46-38-30-22-14-6)88-72-68-84-104(110)114-96-100(79-63-55-47-39-31-23-15-7)80-64-56-48-40-32-24-16-8/h97-100H,9-96H2,1-8H3. The molecule has 0 aromatic rings. The number of hydrogen-bond acceptors (Lipinski definition) is 12. The minimum Gasteiger partial charge on any atom is -0.465 e. The number of unbranched alkanes of at least 4 members (excludes halogenated alkanes) is 52. The molecular formula is C104H204N2O8S2. The minimum atomic E-state index is -0.0269. The van der Waals surface area contributed by atoms with Crippen molar-refractivity contribution in [3.8, 4) is 0 Å². The lowest BCUT2D eigenvalue weighted by Gasteiger charge is -2.23. The fourth-order valence-corrected chi connectivity index (χ4v) is 19.1. The lowest BCUT2D eigenvalue weighted by molar-refractivity contribution is -0.146. The van der Waals surface area contributed by atoms with E-state index in [1.807, 2.05) is 21.6 Å². The molecule has 0 saturated carbocycles. The number of nitrogens with zero attached hydrogens (tertiary/aromatic N) is 2. The Bertz CT molecular complexity index is 1650. The van der Waals surface area contributed by atoms with Crippen molar-refractivity contribution in [2.24, 2.45) is 23.7 Å². The van der Waals surface area contributed by atoms with Gasteiger partial charge in [0.05, 0.1) is 26.4 Å². The monoisotopic (exact) mass is 1670 g/mol. The zero-order valence-electron chi connectivity index (χ0n) is 79.5. The molecule has 12 heteroatoms. The molecule has 0 fully saturated rings. The zero-order valence-corrected chi connectivity index (χ0v) is 81.1. The van der Waals surface area contributed by atoms with Gasteiger partial charge >= 0.3 is 23.9 Å². The Balaban J connectivity index is 6.19. The predicted octanol–water partition coefficient (Wildman–Crippen LogP) is 33.4. The summed E-state index contributed by atoms with van der Waals surface area (Å²) < 4.78 is 24.5. The van der Waals surface area contributed by atoms with E-state index < -0.39 is 0 Å². The van der Waals surface area contributed by atoms with Gasteiger partial charge in [-0.15, -0.1) is 0 Å². The van der Waals surface area contributed by atoms with Crippen LogP contribution in [0.15, 0.2) is 0 Å². The van der Waals surface area contributed by atoms with Crippen LogP contribution in [0.25, 0.3) is 0 Å². The lowest BCUT2D eigenvalue weighted by Crippen LogP contribution is -2.29. The molecule has 0 aromatic carbocycles. The Hall–Kier alpha value is -1.50. The summed E-state index contributed by atoms with van der Waals surface area (Å²) in [5.74, 6) is 3.80. The maximum Gasteiger partial charge on any atom is 0.305 e. The quantitative estimate of drug-likeness (QED) is 0.0250. The molecule has 116 heavy (non-hydrogen) atoms. The Morgan fingerprint density at radius 2 is 0.336 bits per heavy atom. The summed E-state index contributed by atoms with van der Waals surface area (Å²) in [6.45, 7) is 26.3. The molecule has 0 atom stereocenters. The summed E-state index contributed by atoms with van der Waals surface area (Å²) >= 11 is 0. The lowest BCUT2D eigenvalue weighted by atomic mass is 9.94. The van der Waals surface area contributed by atoms with E-state index in [4.69, 9.17) is 18.9 Å². The van der Waals surface area contributed by atoms with Crippen LogP contribution in [0.3, 0.4) is 0 Å². The first kappa shape index (κ1) is 114. The van der Waals surface area contributed by atoms with Crippen LogP contribution < -0.4 is 0 Å². The molecule has 0 spiro atoms. The van der Waals surface area contributed by atoms with Crippen LogP contribution in [0, 0.1) is 23.7 Å². The Labute approximate surface area is 733 Å². The number of carbonyl (C=O) groups excluding carboxylic acids is 4. The highest BCUT2D eigenvalue weighted by atomic mass is 33.1. The molecular weight excluding hydrogens is 1470 g/mol. The number of hydrogen-bond donors (Lipinski definition) is 0. The van der Waals surface area contributed by atoms with Crippen LogP contribution in [-0.2, 0) is 38.1 Å². The second-order valence-electron chi connectivity index (χ2n) is 36.6. The smallest absolute Gasteiger partial charge is 0.305 e. The molecule has 0 aromatic heterocycles. The molecule has 0 bridgehead atoms. The summed E-state index contributed by atoms with van der Waals surface area (Å²) in [7, 11) is 3.94. The summed E-state index contributed by atoms with van der Waals surface area (Å²) in [4.78, 5) is 59.0. The first-order valence-electron chi connectivity index (χ1n) is 52.4. The average molecular weight is 1670 g/mol. The molecule has 0 amide bonds. The van der Waals surface area contributed by atoms with E-state index in [0.29, 0.717) is 75.8 Å². The van der Waals surface area contributed by atoms with E-state index in [1.54, 1.807) is 0 Å². The number of carbonyl (C=O) groups is 4. The Kier molecular flexibility index (Phi) is 94.5. The molecule has 0 aliphatic heterocycles. The van der Waals surface area contributed by atoms with Crippen LogP contribution in [0.2, 0.25) is 0 Å². The Morgan fingerprint density at radius 1 is 0.190 bits per heavy atom. The van der Waals surface area contributed by atoms with Crippen molar-refractivity contribution in [2.45, 2.75) is 543 Å². The van der Waals surface area contributed by atoms with Gasteiger partial charge in [-0.2, -0.15) is 0 Å². The molecule has 0 rings (SSSR count). The molecule has 0 aliphatic rings. The first-order chi connectivity index (χ1) is 57.1. The van der Waals surface area contributed by atoms with Gasteiger partial charge in [-0.25, -0.2) is 0 Å². The van der Waals surface area contributed by atoms with Crippen LogP contribution in [-0.4, -0.2) is 111 Å². The third-order valence-electron chi connectivity index (χ3n) is 25.1. The van der Waals surface area contributed by atoms with E-state index >= 15 is 0 Å². The van der Waals surface area contributed by atoms with Crippen molar-refractivity contribution in [1.82, 2.24) is 9.80 Å². The van der Waals surface area contributed by atoms with Gasteiger partial charge in [-0.05, 0) is 153 Å². The maximum atomic E-state index is 13.5. The molecule has 690 valence electrons. The summed E-state index contributed by atoms with van der Waals surface area (Å²) in [5, 5.41) is 0. The van der Waals surface area contributed by atoms with Gasteiger partial charge in [0, 0.05) is 50.3 Å². The Morgan fingerprint density at radius 3 is 0.491 bits per heavy atom. The third-order valence-corrected chi connectivity index (χ3v) is 27.5. The van der Waals surface area contributed by atoms with Gasteiger partial charge in [0.25, 0.3) is 0 Å². The van der Waals surface area contributed by atoms with Crippen molar-refractivity contribution in [3.05, 3.63) is 0 Å². The molecule has 0 saturated heterocycles. The van der Waals surface area contributed by atoms with Crippen LogP contribution >= 0.6 is 21.6 Å². The molecule has 0 radical (unpaired) electrons. The normalized spacial score (nSPS) is 11.9. The molecule has 0 heterocycles. The average Bonchev–Trinajstić information content (AvgIpc) is 0.984. The van der Waals surface area contributed by atoms with Gasteiger partial charge in [0.15, 0.2) is 0 Å². The van der Waals surface area contributed by atoms with E-state index in [0.717, 1.165) is 102 Å². The highest BCUT2D eigenvalue weighted by molar-refractivity contribution is 8.76. The highest BCUT2D eigenvalue weighted by Gasteiger charge is 2.19. The predicted molar refractivity (Wildman–Crippen MR) is 512 cm³/mol. The third kappa shape index (κ3) is 86.0. The second-order valence-corrected chi connectivity index (χ2v) is 39.3. The van der Waals surface area contributed by atoms with E-state index in [2.05, 4.69) is 65.2 Å². The van der Waals surface area contributed by atoms with E-state index in [-0.39, 0.29) is 23.9 Å². The number of ether oxygens (including phenoxy) is 4. The summed E-state index contributed by atoms with van der Waals surface area (Å²) in [6.07, 6.45) is 92.1. The molecule has 0 unspecified atom stereocenters. The number of rotatable bonds is 99. The maximum absolute atomic E-state index is 13.5.